The number of aliphatic hydroxyl groups is 1. The molecule has 0 amide bonds. The third-order valence-electron chi connectivity index (χ3n) is 2.66. The van der Waals surface area contributed by atoms with Crippen molar-refractivity contribution in [2.24, 2.45) is 0 Å². The number of benzene rings is 2. The minimum absolute atomic E-state index is 0.128. The van der Waals surface area contributed by atoms with Crippen LogP contribution in [0.3, 0.4) is 0 Å². The standard InChI is InChI=1S/C16H11F3O/c17-16(18,19)14-8-4-7-13(11-14)15(20)10-9-12-5-2-1-3-6-12/h1-8,11,15,20H. The predicted octanol–water partition coefficient (Wildman–Crippen LogP) is 3.79. The van der Waals surface area contributed by atoms with E-state index in [0.717, 1.165) is 12.1 Å². The summed E-state index contributed by atoms with van der Waals surface area (Å²) < 4.78 is 37.7. The molecule has 0 aliphatic heterocycles. The third-order valence-corrected chi connectivity index (χ3v) is 2.66. The first-order valence-electron chi connectivity index (χ1n) is 5.88. The lowest BCUT2D eigenvalue weighted by atomic mass is 10.1. The second kappa shape index (κ2) is 5.81. The van der Waals surface area contributed by atoms with E-state index in [4.69, 9.17) is 0 Å². The number of hydrogen-bond donors (Lipinski definition) is 1. The van der Waals surface area contributed by atoms with Gasteiger partial charge in [-0.05, 0) is 29.8 Å². The zero-order valence-corrected chi connectivity index (χ0v) is 10.4. The van der Waals surface area contributed by atoms with E-state index < -0.39 is 17.8 Å². The van der Waals surface area contributed by atoms with Crippen LogP contribution in [0.5, 0.6) is 0 Å². The molecule has 0 spiro atoms. The Labute approximate surface area is 114 Å². The van der Waals surface area contributed by atoms with E-state index in [1.165, 1.54) is 12.1 Å². The molecule has 0 saturated carbocycles. The summed E-state index contributed by atoms with van der Waals surface area (Å²) in [6.07, 6.45) is -5.68. The topological polar surface area (TPSA) is 20.2 Å². The first-order valence-corrected chi connectivity index (χ1v) is 5.88. The van der Waals surface area contributed by atoms with Crippen LogP contribution >= 0.6 is 0 Å². The van der Waals surface area contributed by atoms with Gasteiger partial charge in [-0.1, -0.05) is 42.2 Å². The fourth-order valence-electron chi connectivity index (χ4n) is 1.64. The lowest BCUT2D eigenvalue weighted by Crippen LogP contribution is -2.06. The number of alkyl halides is 3. The van der Waals surface area contributed by atoms with Crippen molar-refractivity contribution in [3.8, 4) is 11.8 Å². The minimum Gasteiger partial charge on any atom is -0.376 e. The van der Waals surface area contributed by atoms with Crippen molar-refractivity contribution < 1.29 is 18.3 Å². The molecule has 4 heteroatoms. The summed E-state index contributed by atoms with van der Waals surface area (Å²) in [4.78, 5) is 0. The van der Waals surface area contributed by atoms with Crippen molar-refractivity contribution >= 4 is 0 Å². The second-order valence-corrected chi connectivity index (χ2v) is 4.16. The van der Waals surface area contributed by atoms with Gasteiger partial charge in [0.05, 0.1) is 5.56 Å². The number of rotatable bonds is 1. The van der Waals surface area contributed by atoms with Crippen LogP contribution in [0.4, 0.5) is 13.2 Å². The second-order valence-electron chi connectivity index (χ2n) is 4.16. The molecule has 0 aromatic heterocycles. The maximum atomic E-state index is 12.6. The maximum absolute atomic E-state index is 12.6. The lowest BCUT2D eigenvalue weighted by Gasteiger charge is -2.09. The summed E-state index contributed by atoms with van der Waals surface area (Å²) in [5, 5.41) is 9.83. The van der Waals surface area contributed by atoms with E-state index in [1.807, 2.05) is 6.07 Å². The molecule has 0 aliphatic rings. The van der Waals surface area contributed by atoms with Crippen LogP contribution in [0.1, 0.15) is 22.8 Å². The Hall–Kier alpha value is -2.25. The average molecular weight is 276 g/mol. The van der Waals surface area contributed by atoms with E-state index in [1.54, 1.807) is 24.3 Å². The third kappa shape index (κ3) is 3.62. The van der Waals surface area contributed by atoms with Crippen molar-refractivity contribution in [3.05, 3.63) is 71.3 Å². The molecule has 1 atom stereocenters. The SMILES string of the molecule is OC(C#Cc1ccccc1)c1cccc(C(F)(F)F)c1. The van der Waals surface area contributed by atoms with Crippen LogP contribution in [-0.4, -0.2) is 5.11 Å². The van der Waals surface area contributed by atoms with E-state index in [0.29, 0.717) is 5.56 Å². The molecule has 102 valence electrons. The molecule has 0 bridgehead atoms. The van der Waals surface area contributed by atoms with E-state index in [2.05, 4.69) is 11.8 Å². The Bertz CT molecular complexity index is 636. The summed E-state index contributed by atoms with van der Waals surface area (Å²) in [6.45, 7) is 0. The first-order chi connectivity index (χ1) is 9.47. The van der Waals surface area contributed by atoms with Gasteiger partial charge in [-0.2, -0.15) is 13.2 Å². The Kier molecular flexibility index (Phi) is 4.11. The molecule has 2 aromatic carbocycles. The van der Waals surface area contributed by atoms with Crippen LogP contribution < -0.4 is 0 Å². The van der Waals surface area contributed by atoms with Crippen molar-refractivity contribution in [2.75, 3.05) is 0 Å². The molecule has 2 rings (SSSR count). The highest BCUT2D eigenvalue weighted by Crippen LogP contribution is 2.30. The summed E-state index contributed by atoms with van der Waals surface area (Å²) >= 11 is 0. The van der Waals surface area contributed by atoms with Gasteiger partial charge in [0.2, 0.25) is 0 Å². The van der Waals surface area contributed by atoms with Gasteiger partial charge in [0, 0.05) is 5.56 Å². The van der Waals surface area contributed by atoms with Crippen LogP contribution in [0, 0.1) is 11.8 Å². The van der Waals surface area contributed by atoms with Gasteiger partial charge in [-0.3, -0.25) is 0 Å². The van der Waals surface area contributed by atoms with Crippen molar-refractivity contribution in [3.63, 3.8) is 0 Å². The summed E-state index contributed by atoms with van der Waals surface area (Å²) in [6, 6.07) is 13.5. The molecule has 0 radical (unpaired) electrons. The van der Waals surface area contributed by atoms with Crippen molar-refractivity contribution in [1.82, 2.24) is 0 Å². The molecule has 0 saturated heterocycles. The zero-order chi connectivity index (χ0) is 14.6. The van der Waals surface area contributed by atoms with E-state index in [9.17, 15) is 18.3 Å². The monoisotopic (exact) mass is 276 g/mol. The molecule has 1 N–H and O–H groups in total. The van der Waals surface area contributed by atoms with Crippen molar-refractivity contribution in [2.45, 2.75) is 12.3 Å². The van der Waals surface area contributed by atoms with Crippen LogP contribution in [0.25, 0.3) is 0 Å². The fourth-order valence-corrected chi connectivity index (χ4v) is 1.64. The molecule has 0 fully saturated rings. The normalized spacial score (nSPS) is 12.4. The summed E-state index contributed by atoms with van der Waals surface area (Å²) in [5.41, 5.74) is 0.0253. The van der Waals surface area contributed by atoms with Gasteiger partial charge >= 0.3 is 6.18 Å². The van der Waals surface area contributed by atoms with Crippen LogP contribution in [0.15, 0.2) is 54.6 Å². The van der Waals surface area contributed by atoms with Gasteiger partial charge in [0.25, 0.3) is 0 Å². The number of halogens is 3. The quantitative estimate of drug-likeness (QED) is 0.786. The van der Waals surface area contributed by atoms with Gasteiger partial charge in [-0.25, -0.2) is 0 Å². The summed E-state index contributed by atoms with van der Waals surface area (Å²) in [5.74, 6) is 5.25. The fraction of sp³-hybridized carbons (Fsp3) is 0.125. The van der Waals surface area contributed by atoms with Crippen LogP contribution in [-0.2, 0) is 6.18 Å². The highest BCUT2D eigenvalue weighted by atomic mass is 19.4. The van der Waals surface area contributed by atoms with Gasteiger partial charge in [0.1, 0.15) is 6.10 Å². The Morgan fingerprint density at radius 3 is 2.30 bits per heavy atom. The smallest absolute Gasteiger partial charge is 0.376 e. The molecular weight excluding hydrogens is 265 g/mol. The predicted molar refractivity (Wildman–Crippen MR) is 69.7 cm³/mol. The van der Waals surface area contributed by atoms with Gasteiger partial charge < -0.3 is 5.11 Å². The average Bonchev–Trinajstić information content (AvgIpc) is 2.45. The molecular formula is C16H11F3O. The zero-order valence-electron chi connectivity index (χ0n) is 10.4. The maximum Gasteiger partial charge on any atom is 0.416 e. The highest BCUT2D eigenvalue weighted by Gasteiger charge is 2.30. The molecule has 0 aliphatic carbocycles. The Morgan fingerprint density at radius 1 is 0.950 bits per heavy atom. The van der Waals surface area contributed by atoms with E-state index in [-0.39, 0.29) is 5.56 Å². The molecule has 1 nitrogen and oxygen atoms in total. The molecule has 1 unspecified atom stereocenters. The molecule has 0 heterocycles. The molecule has 20 heavy (non-hydrogen) atoms. The Morgan fingerprint density at radius 2 is 1.65 bits per heavy atom. The molecule has 2 aromatic rings. The minimum atomic E-state index is -4.43. The van der Waals surface area contributed by atoms with Crippen LogP contribution in [0.2, 0.25) is 0 Å². The largest absolute Gasteiger partial charge is 0.416 e. The Balaban J connectivity index is 2.22. The summed E-state index contributed by atoms with van der Waals surface area (Å²) in [7, 11) is 0. The van der Waals surface area contributed by atoms with E-state index >= 15 is 0 Å². The van der Waals surface area contributed by atoms with Gasteiger partial charge in [0.15, 0.2) is 0 Å². The van der Waals surface area contributed by atoms with Gasteiger partial charge in [-0.15, -0.1) is 0 Å². The van der Waals surface area contributed by atoms with Crippen molar-refractivity contribution in [1.29, 1.82) is 0 Å². The highest BCUT2D eigenvalue weighted by molar-refractivity contribution is 5.37. The number of hydrogen-bond acceptors (Lipinski definition) is 1. The first kappa shape index (κ1) is 14.2. The number of aliphatic hydroxyl groups excluding tert-OH is 1. The lowest BCUT2D eigenvalue weighted by molar-refractivity contribution is -0.137.